The number of aliphatic imine (C=N–C) groups is 1. The number of amidine groups is 1. The van der Waals surface area contributed by atoms with E-state index in [0.29, 0.717) is 12.3 Å². The smallest absolute Gasteiger partial charge is 0.247 e. The maximum atomic E-state index is 11.0. The fourth-order valence-electron chi connectivity index (χ4n) is 1.76. The van der Waals surface area contributed by atoms with Gasteiger partial charge >= 0.3 is 0 Å². The van der Waals surface area contributed by atoms with Crippen LogP contribution in [0.25, 0.3) is 11.0 Å². The van der Waals surface area contributed by atoms with Crippen LogP contribution in [0, 0.1) is 0 Å². The van der Waals surface area contributed by atoms with Crippen molar-refractivity contribution in [2.24, 2.45) is 4.99 Å². The minimum atomic E-state index is -0.0499. The third-order valence-corrected chi connectivity index (χ3v) is 2.47. The fraction of sp³-hybridized carbons (Fsp3) is 0.182. The van der Waals surface area contributed by atoms with Gasteiger partial charge in [0.2, 0.25) is 5.91 Å². The molecule has 5 nitrogen and oxygen atoms in total. The first-order valence-electron chi connectivity index (χ1n) is 5.08. The van der Waals surface area contributed by atoms with Gasteiger partial charge in [0, 0.05) is 0 Å². The summed E-state index contributed by atoms with van der Waals surface area (Å²) in [4.78, 5) is 22.6. The van der Waals surface area contributed by atoms with Crippen LogP contribution in [-0.2, 0) is 11.2 Å². The summed E-state index contributed by atoms with van der Waals surface area (Å²) in [7, 11) is 0. The first-order chi connectivity index (χ1) is 7.81. The average molecular weight is 214 g/mol. The van der Waals surface area contributed by atoms with E-state index in [1.54, 1.807) is 0 Å². The van der Waals surface area contributed by atoms with E-state index in [0.717, 1.165) is 16.9 Å². The van der Waals surface area contributed by atoms with Gasteiger partial charge in [-0.1, -0.05) is 12.1 Å². The van der Waals surface area contributed by atoms with Gasteiger partial charge in [-0.15, -0.1) is 0 Å². The highest BCUT2D eigenvalue weighted by Crippen LogP contribution is 2.10. The lowest BCUT2D eigenvalue weighted by Crippen LogP contribution is -2.26. The number of rotatable bonds is 2. The number of fused-ring (bicyclic) bond motifs is 1. The number of hydrogen-bond acceptors (Lipinski definition) is 3. The van der Waals surface area contributed by atoms with Crippen molar-refractivity contribution in [2.75, 3.05) is 6.54 Å². The Balaban J connectivity index is 1.87. The van der Waals surface area contributed by atoms with Crippen LogP contribution < -0.4 is 5.32 Å². The van der Waals surface area contributed by atoms with E-state index in [-0.39, 0.29) is 12.5 Å². The molecule has 0 aliphatic carbocycles. The molecule has 0 bridgehead atoms. The Kier molecular flexibility index (Phi) is 1.96. The van der Waals surface area contributed by atoms with Crippen LogP contribution in [0.15, 0.2) is 29.3 Å². The van der Waals surface area contributed by atoms with E-state index in [1.165, 1.54) is 0 Å². The van der Waals surface area contributed by atoms with Gasteiger partial charge in [0.1, 0.15) is 18.2 Å². The van der Waals surface area contributed by atoms with Gasteiger partial charge in [-0.3, -0.25) is 9.79 Å². The molecule has 0 atom stereocenters. The topological polar surface area (TPSA) is 70.1 Å². The van der Waals surface area contributed by atoms with Gasteiger partial charge in [0.25, 0.3) is 0 Å². The summed E-state index contributed by atoms with van der Waals surface area (Å²) in [6.07, 6.45) is 0.542. The molecule has 0 unspecified atom stereocenters. The van der Waals surface area contributed by atoms with E-state index in [4.69, 9.17) is 0 Å². The predicted octanol–water partition coefficient (Wildman–Crippen LogP) is 0.634. The van der Waals surface area contributed by atoms with E-state index >= 15 is 0 Å². The number of carbonyl (C=O) groups excluding carboxylic acids is 1. The second-order valence-corrected chi connectivity index (χ2v) is 3.69. The van der Waals surface area contributed by atoms with Crippen LogP contribution in [0.2, 0.25) is 0 Å². The Morgan fingerprint density at radius 2 is 2.19 bits per heavy atom. The molecule has 0 saturated carbocycles. The lowest BCUT2D eigenvalue weighted by Gasteiger charge is -1.96. The van der Waals surface area contributed by atoms with Gasteiger partial charge in [0.15, 0.2) is 0 Å². The Morgan fingerprint density at radius 3 is 2.94 bits per heavy atom. The normalized spacial score (nSPS) is 15.2. The first-order valence-corrected chi connectivity index (χ1v) is 5.08. The zero-order valence-electron chi connectivity index (χ0n) is 8.53. The second-order valence-electron chi connectivity index (χ2n) is 3.69. The van der Waals surface area contributed by atoms with E-state index < -0.39 is 0 Å². The van der Waals surface area contributed by atoms with Crippen molar-refractivity contribution in [3.8, 4) is 0 Å². The number of aromatic amines is 1. The van der Waals surface area contributed by atoms with Crippen molar-refractivity contribution in [2.45, 2.75) is 6.42 Å². The van der Waals surface area contributed by atoms with Crippen LogP contribution in [0.5, 0.6) is 0 Å². The maximum absolute atomic E-state index is 11.0. The van der Waals surface area contributed by atoms with E-state index in [9.17, 15) is 4.79 Å². The number of imidazole rings is 1. The summed E-state index contributed by atoms with van der Waals surface area (Å²) >= 11 is 0. The molecule has 0 saturated heterocycles. The van der Waals surface area contributed by atoms with Crippen LogP contribution in [-0.4, -0.2) is 28.3 Å². The minimum Gasteiger partial charge on any atom is -0.342 e. The summed E-state index contributed by atoms with van der Waals surface area (Å²) in [5.74, 6) is 1.46. The molecule has 1 aliphatic rings. The number of nitrogens with zero attached hydrogens (tertiary/aromatic N) is 2. The zero-order chi connectivity index (χ0) is 11.0. The number of carbonyl (C=O) groups is 1. The molecule has 1 aliphatic heterocycles. The third kappa shape index (κ3) is 1.56. The number of para-hydroxylation sites is 2. The van der Waals surface area contributed by atoms with Crippen molar-refractivity contribution >= 4 is 22.8 Å². The van der Waals surface area contributed by atoms with Gasteiger partial charge in [-0.2, -0.15) is 0 Å². The summed E-state index contributed by atoms with van der Waals surface area (Å²) < 4.78 is 0. The summed E-state index contributed by atoms with van der Waals surface area (Å²) in [5.41, 5.74) is 1.94. The molecule has 2 heterocycles. The summed E-state index contributed by atoms with van der Waals surface area (Å²) in [6, 6.07) is 7.83. The van der Waals surface area contributed by atoms with Crippen LogP contribution >= 0.6 is 0 Å². The van der Waals surface area contributed by atoms with E-state index in [1.807, 2.05) is 24.3 Å². The highest BCUT2D eigenvalue weighted by molar-refractivity contribution is 6.04. The molecule has 1 amide bonds. The van der Waals surface area contributed by atoms with Crippen molar-refractivity contribution in [3.05, 3.63) is 30.1 Å². The molecule has 0 fully saturated rings. The quantitative estimate of drug-likeness (QED) is 0.769. The number of aromatic nitrogens is 2. The average Bonchev–Trinajstić information content (AvgIpc) is 2.84. The fourth-order valence-corrected chi connectivity index (χ4v) is 1.76. The SMILES string of the molecule is O=C1CN=C(Cc2nc3ccccc3[nH]2)N1. The second kappa shape index (κ2) is 3.44. The van der Waals surface area contributed by atoms with Gasteiger partial charge in [-0.25, -0.2) is 4.98 Å². The van der Waals surface area contributed by atoms with Gasteiger partial charge in [-0.05, 0) is 12.1 Å². The molecule has 80 valence electrons. The molecule has 2 aromatic rings. The molecule has 16 heavy (non-hydrogen) atoms. The van der Waals surface area contributed by atoms with E-state index in [2.05, 4.69) is 20.3 Å². The van der Waals surface area contributed by atoms with Gasteiger partial charge < -0.3 is 10.3 Å². The largest absolute Gasteiger partial charge is 0.342 e. The Morgan fingerprint density at radius 1 is 1.31 bits per heavy atom. The van der Waals surface area contributed by atoms with Crippen LogP contribution in [0.4, 0.5) is 0 Å². The van der Waals surface area contributed by atoms with Crippen molar-refractivity contribution in [1.82, 2.24) is 15.3 Å². The zero-order valence-corrected chi connectivity index (χ0v) is 8.53. The number of amides is 1. The molecule has 1 aromatic carbocycles. The Labute approximate surface area is 91.6 Å². The number of hydrogen-bond donors (Lipinski definition) is 2. The lowest BCUT2D eigenvalue weighted by atomic mass is 10.3. The molecular weight excluding hydrogens is 204 g/mol. The highest BCUT2D eigenvalue weighted by atomic mass is 16.2. The predicted molar refractivity (Wildman–Crippen MR) is 60.2 cm³/mol. The van der Waals surface area contributed by atoms with Crippen LogP contribution in [0.3, 0.4) is 0 Å². The third-order valence-electron chi connectivity index (χ3n) is 2.47. The van der Waals surface area contributed by atoms with Crippen LogP contribution in [0.1, 0.15) is 5.82 Å². The Bertz CT molecular complexity index is 551. The molecule has 0 spiro atoms. The number of nitrogens with one attached hydrogen (secondary N) is 2. The monoisotopic (exact) mass is 214 g/mol. The van der Waals surface area contributed by atoms with Crippen molar-refractivity contribution in [3.63, 3.8) is 0 Å². The Hall–Kier alpha value is -2.17. The molecule has 0 radical (unpaired) electrons. The minimum absolute atomic E-state index is 0.0499. The first kappa shape index (κ1) is 9.08. The molecule has 1 aromatic heterocycles. The van der Waals surface area contributed by atoms with Crippen molar-refractivity contribution < 1.29 is 4.79 Å². The standard InChI is InChI=1S/C11H10N4O/c16-11-6-12-9(15-11)5-10-13-7-3-1-2-4-8(7)14-10/h1-4H,5-6H2,(H,13,14)(H,12,15,16). The molecule has 5 heteroatoms. The molecule has 3 rings (SSSR count). The number of H-pyrrole nitrogens is 1. The molecular formula is C11H10N4O. The highest BCUT2D eigenvalue weighted by Gasteiger charge is 2.14. The summed E-state index contributed by atoms with van der Waals surface area (Å²) in [6.45, 7) is 0.232. The summed E-state index contributed by atoms with van der Waals surface area (Å²) in [5, 5.41) is 2.70. The maximum Gasteiger partial charge on any atom is 0.247 e. The number of benzene rings is 1. The molecule has 2 N–H and O–H groups in total. The van der Waals surface area contributed by atoms with Gasteiger partial charge in [0.05, 0.1) is 17.5 Å². The van der Waals surface area contributed by atoms with Crippen molar-refractivity contribution in [1.29, 1.82) is 0 Å². The lowest BCUT2D eigenvalue weighted by molar-refractivity contribution is -0.117.